The van der Waals surface area contributed by atoms with Gasteiger partial charge in [-0.1, -0.05) is 25.1 Å². The maximum atomic E-state index is 10.7. The van der Waals surface area contributed by atoms with Crippen LogP contribution in [0.4, 0.5) is 11.4 Å². The van der Waals surface area contributed by atoms with Crippen LogP contribution < -0.4 is 10.1 Å². The van der Waals surface area contributed by atoms with Crippen LogP contribution in [-0.2, 0) is 6.42 Å². The van der Waals surface area contributed by atoms with Crippen LogP contribution in [0.1, 0.15) is 18.9 Å². The largest absolute Gasteiger partial charge is 0.494 e. The van der Waals surface area contributed by atoms with Gasteiger partial charge in [0.25, 0.3) is 5.69 Å². The van der Waals surface area contributed by atoms with Gasteiger partial charge in [0.05, 0.1) is 11.5 Å². The molecule has 0 saturated carbocycles. The minimum Gasteiger partial charge on any atom is -0.494 e. The first kappa shape index (κ1) is 15.8. The third-order valence-electron chi connectivity index (χ3n) is 3.31. The number of nitro groups is 1. The minimum atomic E-state index is -0.395. The number of nitro benzene ring substituents is 1. The number of benzene rings is 2. The van der Waals surface area contributed by atoms with Gasteiger partial charge < -0.3 is 10.1 Å². The van der Waals surface area contributed by atoms with Crippen LogP contribution in [-0.4, -0.2) is 18.1 Å². The topological polar surface area (TPSA) is 64.4 Å². The van der Waals surface area contributed by atoms with E-state index in [1.165, 1.54) is 17.7 Å². The second-order valence-corrected chi connectivity index (χ2v) is 4.93. The van der Waals surface area contributed by atoms with Crippen molar-refractivity contribution in [2.75, 3.05) is 18.5 Å². The molecule has 0 saturated heterocycles. The van der Waals surface area contributed by atoms with Gasteiger partial charge in [-0.25, -0.2) is 0 Å². The van der Waals surface area contributed by atoms with E-state index in [2.05, 4.69) is 24.4 Å². The van der Waals surface area contributed by atoms with Crippen molar-refractivity contribution >= 4 is 11.4 Å². The molecule has 2 rings (SSSR count). The van der Waals surface area contributed by atoms with E-state index in [9.17, 15) is 10.1 Å². The smallest absolute Gasteiger partial charge is 0.271 e. The summed E-state index contributed by atoms with van der Waals surface area (Å²) in [5.74, 6) is 0.868. The molecule has 0 bridgehead atoms. The van der Waals surface area contributed by atoms with Crippen molar-refractivity contribution < 1.29 is 9.66 Å². The van der Waals surface area contributed by atoms with Crippen molar-refractivity contribution in [2.45, 2.75) is 19.8 Å². The van der Waals surface area contributed by atoms with Crippen LogP contribution in [0, 0.1) is 10.1 Å². The first-order chi connectivity index (χ1) is 10.7. The second kappa shape index (κ2) is 8.02. The first-order valence-corrected chi connectivity index (χ1v) is 7.39. The Balaban J connectivity index is 1.70. The Morgan fingerprint density at radius 1 is 1.18 bits per heavy atom. The number of non-ortho nitro benzene ring substituents is 1. The van der Waals surface area contributed by atoms with Gasteiger partial charge in [-0.3, -0.25) is 10.1 Å². The summed E-state index contributed by atoms with van der Waals surface area (Å²) in [7, 11) is 0. The zero-order chi connectivity index (χ0) is 15.8. The molecule has 2 aromatic rings. The fraction of sp³-hybridized carbons (Fsp3) is 0.294. The summed E-state index contributed by atoms with van der Waals surface area (Å²) in [5, 5.41) is 13.8. The number of hydrogen-bond acceptors (Lipinski definition) is 4. The predicted molar refractivity (Wildman–Crippen MR) is 87.5 cm³/mol. The summed E-state index contributed by atoms with van der Waals surface area (Å²) in [6.07, 6.45) is 1.84. The molecule has 0 amide bonds. The molecule has 116 valence electrons. The van der Waals surface area contributed by atoms with E-state index in [1.54, 1.807) is 6.07 Å². The van der Waals surface area contributed by atoms with Crippen LogP contribution >= 0.6 is 0 Å². The number of rotatable bonds is 8. The highest BCUT2D eigenvalue weighted by Crippen LogP contribution is 2.17. The predicted octanol–water partition coefficient (Wildman–Crippen LogP) is 4.04. The maximum Gasteiger partial charge on any atom is 0.271 e. The van der Waals surface area contributed by atoms with Gasteiger partial charge in [0.1, 0.15) is 5.75 Å². The number of ether oxygens (including phenoxy) is 1. The molecule has 0 unspecified atom stereocenters. The summed E-state index contributed by atoms with van der Waals surface area (Å²) in [6, 6.07) is 14.6. The van der Waals surface area contributed by atoms with Gasteiger partial charge in [-0.2, -0.15) is 0 Å². The average molecular weight is 300 g/mol. The van der Waals surface area contributed by atoms with E-state index in [4.69, 9.17) is 4.74 Å². The van der Waals surface area contributed by atoms with Gasteiger partial charge in [-0.05, 0) is 36.6 Å². The molecule has 5 nitrogen and oxygen atoms in total. The van der Waals surface area contributed by atoms with Gasteiger partial charge in [0, 0.05) is 24.4 Å². The summed E-state index contributed by atoms with van der Waals surface area (Å²) in [6.45, 7) is 3.43. The van der Waals surface area contributed by atoms with Crippen LogP contribution in [0.5, 0.6) is 5.75 Å². The summed E-state index contributed by atoms with van der Waals surface area (Å²) < 4.78 is 5.66. The molecule has 0 aromatic heterocycles. The Morgan fingerprint density at radius 3 is 2.64 bits per heavy atom. The Kier molecular flexibility index (Phi) is 5.77. The fourth-order valence-electron chi connectivity index (χ4n) is 2.05. The zero-order valence-corrected chi connectivity index (χ0v) is 12.6. The molecule has 0 fully saturated rings. The van der Waals surface area contributed by atoms with Gasteiger partial charge in [-0.15, -0.1) is 0 Å². The molecule has 0 spiro atoms. The molecule has 5 heteroatoms. The molecule has 1 N–H and O–H groups in total. The molecule has 0 aliphatic heterocycles. The summed E-state index contributed by atoms with van der Waals surface area (Å²) in [4.78, 5) is 10.3. The summed E-state index contributed by atoms with van der Waals surface area (Å²) >= 11 is 0. The third-order valence-corrected chi connectivity index (χ3v) is 3.31. The normalized spacial score (nSPS) is 10.2. The highest BCUT2D eigenvalue weighted by Gasteiger charge is 2.04. The molecule has 2 aromatic carbocycles. The highest BCUT2D eigenvalue weighted by atomic mass is 16.6. The lowest BCUT2D eigenvalue weighted by Gasteiger charge is -2.08. The van der Waals surface area contributed by atoms with Crippen molar-refractivity contribution in [3.63, 3.8) is 0 Å². The van der Waals surface area contributed by atoms with Crippen molar-refractivity contribution in [2.24, 2.45) is 0 Å². The van der Waals surface area contributed by atoms with Gasteiger partial charge in [0.15, 0.2) is 0 Å². The van der Waals surface area contributed by atoms with E-state index in [1.807, 2.05) is 18.2 Å². The average Bonchev–Trinajstić information content (AvgIpc) is 2.55. The van der Waals surface area contributed by atoms with Crippen molar-refractivity contribution in [3.05, 3.63) is 64.2 Å². The van der Waals surface area contributed by atoms with E-state index < -0.39 is 4.92 Å². The third kappa shape index (κ3) is 4.77. The number of nitrogens with zero attached hydrogens (tertiary/aromatic N) is 1. The number of anilines is 1. The van der Waals surface area contributed by atoms with Crippen molar-refractivity contribution in [1.82, 2.24) is 0 Å². The molecule has 0 radical (unpaired) electrons. The second-order valence-electron chi connectivity index (χ2n) is 4.93. The van der Waals surface area contributed by atoms with Crippen LogP contribution in [0.25, 0.3) is 0 Å². The van der Waals surface area contributed by atoms with Crippen LogP contribution in [0.15, 0.2) is 48.5 Å². The molecule has 0 atom stereocenters. The quantitative estimate of drug-likeness (QED) is 0.454. The highest BCUT2D eigenvalue weighted by molar-refractivity contribution is 5.50. The minimum absolute atomic E-state index is 0.0947. The van der Waals surface area contributed by atoms with E-state index in [-0.39, 0.29) is 5.69 Å². The molecule has 0 heterocycles. The standard InChI is InChI=1S/C17H20N2O3/c1-2-14-7-9-17(10-8-14)22-12-4-11-18-15-5-3-6-16(13-15)19(20)21/h3,5-10,13,18H,2,4,11-12H2,1H3. The number of aryl methyl sites for hydroxylation is 1. The maximum absolute atomic E-state index is 10.7. The van der Waals surface area contributed by atoms with Gasteiger partial charge in [0.2, 0.25) is 0 Å². The number of hydrogen-bond donors (Lipinski definition) is 1. The summed E-state index contributed by atoms with van der Waals surface area (Å²) in [5.41, 5.74) is 2.14. The lowest BCUT2D eigenvalue weighted by atomic mass is 10.2. The Hall–Kier alpha value is -2.56. The molecule has 22 heavy (non-hydrogen) atoms. The Labute approximate surface area is 130 Å². The Morgan fingerprint density at radius 2 is 1.95 bits per heavy atom. The molecule has 0 aliphatic carbocycles. The van der Waals surface area contributed by atoms with E-state index in [0.29, 0.717) is 13.2 Å². The zero-order valence-electron chi connectivity index (χ0n) is 12.6. The monoisotopic (exact) mass is 300 g/mol. The van der Waals surface area contributed by atoms with Crippen molar-refractivity contribution in [1.29, 1.82) is 0 Å². The lowest BCUT2D eigenvalue weighted by Crippen LogP contribution is -2.07. The molecular weight excluding hydrogens is 280 g/mol. The lowest BCUT2D eigenvalue weighted by molar-refractivity contribution is -0.384. The molecule has 0 aliphatic rings. The molecular formula is C17H20N2O3. The van der Waals surface area contributed by atoms with Crippen LogP contribution in [0.3, 0.4) is 0 Å². The van der Waals surface area contributed by atoms with Gasteiger partial charge >= 0.3 is 0 Å². The SMILES string of the molecule is CCc1ccc(OCCCNc2cccc([N+](=O)[O-])c2)cc1. The van der Waals surface area contributed by atoms with E-state index in [0.717, 1.165) is 24.3 Å². The van der Waals surface area contributed by atoms with E-state index >= 15 is 0 Å². The van der Waals surface area contributed by atoms with Crippen molar-refractivity contribution in [3.8, 4) is 5.75 Å². The first-order valence-electron chi connectivity index (χ1n) is 7.39. The number of nitrogens with one attached hydrogen (secondary N) is 1. The fourth-order valence-corrected chi connectivity index (χ4v) is 2.05. The van der Waals surface area contributed by atoms with Crippen LogP contribution in [0.2, 0.25) is 0 Å². The Bertz CT molecular complexity index is 612.